The van der Waals surface area contributed by atoms with E-state index in [1.165, 1.54) is 0 Å². The minimum atomic E-state index is -0.0729. The van der Waals surface area contributed by atoms with Crippen LogP contribution in [0, 0.1) is 0 Å². The van der Waals surface area contributed by atoms with Gasteiger partial charge in [0.05, 0.1) is 6.33 Å². The molecule has 0 aliphatic carbocycles. The van der Waals surface area contributed by atoms with Gasteiger partial charge in [-0.15, -0.1) is 0 Å². The Labute approximate surface area is 99.5 Å². The molecule has 1 amide bonds. The van der Waals surface area contributed by atoms with E-state index >= 15 is 0 Å². The maximum atomic E-state index is 11.7. The normalized spacial score (nSPS) is 9.94. The number of benzene rings is 1. The van der Waals surface area contributed by atoms with E-state index in [4.69, 9.17) is 0 Å². The molecule has 17 heavy (non-hydrogen) atoms. The van der Waals surface area contributed by atoms with E-state index in [0.717, 1.165) is 11.4 Å². The van der Waals surface area contributed by atoms with Crippen molar-refractivity contribution in [3.63, 3.8) is 0 Å². The fraction of sp³-hybridized carbons (Fsp3) is 0.167. The summed E-state index contributed by atoms with van der Waals surface area (Å²) in [5.74, 6) is -0.0729. The van der Waals surface area contributed by atoms with Gasteiger partial charge in [-0.25, -0.2) is 4.98 Å². The molecule has 0 aliphatic heterocycles. The van der Waals surface area contributed by atoms with Crippen LogP contribution in [0.1, 0.15) is 0 Å². The van der Waals surface area contributed by atoms with Gasteiger partial charge in [-0.2, -0.15) is 0 Å². The number of anilines is 2. The maximum absolute atomic E-state index is 11.7. The fourth-order valence-corrected chi connectivity index (χ4v) is 1.50. The van der Waals surface area contributed by atoms with Gasteiger partial charge in [0.2, 0.25) is 5.91 Å². The average Bonchev–Trinajstić information content (AvgIpc) is 2.82. The highest BCUT2D eigenvalue weighted by atomic mass is 16.1. The average molecular weight is 230 g/mol. The molecule has 0 spiro atoms. The van der Waals surface area contributed by atoms with Crippen molar-refractivity contribution < 1.29 is 4.79 Å². The largest absolute Gasteiger partial charge is 0.388 e. The zero-order chi connectivity index (χ0) is 12.1. The summed E-state index contributed by atoms with van der Waals surface area (Å²) in [5.41, 5.74) is 1.74. The SMILES string of the molecule is CNc1cccc(NC(=O)Cn2ccnc2)c1. The van der Waals surface area contributed by atoms with E-state index in [0.29, 0.717) is 0 Å². The summed E-state index contributed by atoms with van der Waals surface area (Å²) in [7, 11) is 1.84. The molecule has 2 N–H and O–H groups in total. The van der Waals surface area contributed by atoms with Crippen molar-refractivity contribution in [3.8, 4) is 0 Å². The molecule has 2 rings (SSSR count). The standard InChI is InChI=1S/C12H14N4O/c1-13-10-3-2-4-11(7-10)15-12(17)8-16-6-5-14-9-16/h2-7,9,13H,8H2,1H3,(H,15,17). The van der Waals surface area contributed by atoms with Gasteiger partial charge >= 0.3 is 0 Å². The lowest BCUT2D eigenvalue weighted by Gasteiger charge is -2.07. The molecular formula is C12H14N4O. The summed E-state index contributed by atoms with van der Waals surface area (Å²) in [6.45, 7) is 0.268. The lowest BCUT2D eigenvalue weighted by molar-refractivity contribution is -0.116. The molecule has 88 valence electrons. The van der Waals surface area contributed by atoms with Crippen LogP contribution in [0.25, 0.3) is 0 Å². The maximum Gasteiger partial charge on any atom is 0.244 e. The number of carbonyl (C=O) groups is 1. The smallest absolute Gasteiger partial charge is 0.244 e. The molecule has 0 unspecified atom stereocenters. The van der Waals surface area contributed by atoms with Gasteiger partial charge in [0, 0.05) is 30.8 Å². The molecule has 0 fully saturated rings. The third-order valence-corrected chi connectivity index (χ3v) is 2.32. The highest BCUT2D eigenvalue weighted by molar-refractivity contribution is 5.91. The van der Waals surface area contributed by atoms with Crippen LogP contribution < -0.4 is 10.6 Å². The zero-order valence-corrected chi connectivity index (χ0v) is 9.55. The minimum absolute atomic E-state index is 0.0729. The number of amides is 1. The van der Waals surface area contributed by atoms with Gasteiger partial charge in [-0.3, -0.25) is 4.79 Å². The lowest BCUT2D eigenvalue weighted by atomic mass is 10.3. The monoisotopic (exact) mass is 230 g/mol. The Hall–Kier alpha value is -2.30. The number of nitrogens with one attached hydrogen (secondary N) is 2. The van der Waals surface area contributed by atoms with Gasteiger partial charge in [-0.1, -0.05) is 6.07 Å². The molecule has 0 saturated carbocycles. The highest BCUT2D eigenvalue weighted by Gasteiger charge is 2.03. The Balaban J connectivity index is 1.98. The van der Waals surface area contributed by atoms with Crippen LogP contribution in [0.5, 0.6) is 0 Å². The summed E-state index contributed by atoms with van der Waals surface area (Å²) in [5, 5.41) is 5.85. The summed E-state index contributed by atoms with van der Waals surface area (Å²) in [6, 6.07) is 7.56. The van der Waals surface area contributed by atoms with Crippen molar-refractivity contribution in [2.24, 2.45) is 0 Å². The second kappa shape index (κ2) is 5.16. The molecule has 0 aliphatic rings. The Morgan fingerprint density at radius 3 is 2.94 bits per heavy atom. The second-order valence-corrected chi connectivity index (χ2v) is 3.61. The fourth-order valence-electron chi connectivity index (χ4n) is 1.50. The molecule has 1 aromatic carbocycles. The van der Waals surface area contributed by atoms with Crippen molar-refractivity contribution >= 4 is 17.3 Å². The lowest BCUT2D eigenvalue weighted by Crippen LogP contribution is -2.17. The van der Waals surface area contributed by atoms with E-state index in [1.807, 2.05) is 31.3 Å². The quantitative estimate of drug-likeness (QED) is 0.838. The number of aromatic nitrogens is 2. The first-order chi connectivity index (χ1) is 8.28. The van der Waals surface area contributed by atoms with Crippen LogP contribution in [-0.4, -0.2) is 22.5 Å². The van der Waals surface area contributed by atoms with Crippen molar-refractivity contribution in [2.75, 3.05) is 17.7 Å². The third-order valence-electron chi connectivity index (χ3n) is 2.32. The van der Waals surface area contributed by atoms with Crippen LogP contribution in [0.2, 0.25) is 0 Å². The van der Waals surface area contributed by atoms with Crippen LogP contribution in [0.15, 0.2) is 43.0 Å². The Morgan fingerprint density at radius 1 is 1.41 bits per heavy atom. The summed E-state index contributed by atoms with van der Waals surface area (Å²) < 4.78 is 1.72. The number of rotatable bonds is 4. The molecule has 5 nitrogen and oxygen atoms in total. The third kappa shape index (κ3) is 3.07. The number of imidazole rings is 1. The van der Waals surface area contributed by atoms with Gasteiger partial charge in [-0.05, 0) is 18.2 Å². The van der Waals surface area contributed by atoms with Gasteiger partial charge in [0.15, 0.2) is 0 Å². The van der Waals surface area contributed by atoms with Crippen molar-refractivity contribution in [1.82, 2.24) is 9.55 Å². The molecule has 1 heterocycles. The molecule has 1 aromatic heterocycles. The highest BCUT2D eigenvalue weighted by Crippen LogP contribution is 2.14. The number of hydrogen-bond acceptors (Lipinski definition) is 3. The number of hydrogen-bond donors (Lipinski definition) is 2. The molecule has 0 atom stereocenters. The first kappa shape index (κ1) is 11.2. The first-order valence-electron chi connectivity index (χ1n) is 5.31. The number of nitrogens with zero attached hydrogens (tertiary/aromatic N) is 2. The Morgan fingerprint density at radius 2 is 2.24 bits per heavy atom. The zero-order valence-electron chi connectivity index (χ0n) is 9.55. The molecule has 5 heteroatoms. The van der Waals surface area contributed by atoms with E-state index in [1.54, 1.807) is 23.3 Å². The van der Waals surface area contributed by atoms with E-state index in [-0.39, 0.29) is 12.5 Å². The number of carbonyl (C=O) groups excluding carboxylic acids is 1. The van der Waals surface area contributed by atoms with E-state index in [9.17, 15) is 4.79 Å². The second-order valence-electron chi connectivity index (χ2n) is 3.61. The molecule has 2 aromatic rings. The topological polar surface area (TPSA) is 58.9 Å². The van der Waals surface area contributed by atoms with E-state index in [2.05, 4.69) is 15.6 Å². The van der Waals surface area contributed by atoms with Gasteiger partial charge in [0.1, 0.15) is 6.54 Å². The summed E-state index contributed by atoms with van der Waals surface area (Å²) in [4.78, 5) is 15.6. The van der Waals surface area contributed by atoms with Crippen LogP contribution in [0.3, 0.4) is 0 Å². The van der Waals surface area contributed by atoms with Crippen molar-refractivity contribution in [3.05, 3.63) is 43.0 Å². The molecular weight excluding hydrogens is 216 g/mol. The summed E-state index contributed by atoms with van der Waals surface area (Å²) >= 11 is 0. The minimum Gasteiger partial charge on any atom is -0.388 e. The Bertz CT molecular complexity index is 493. The van der Waals surface area contributed by atoms with Crippen molar-refractivity contribution in [1.29, 1.82) is 0 Å². The van der Waals surface area contributed by atoms with Gasteiger partial charge < -0.3 is 15.2 Å². The van der Waals surface area contributed by atoms with Crippen LogP contribution in [0.4, 0.5) is 11.4 Å². The summed E-state index contributed by atoms with van der Waals surface area (Å²) in [6.07, 6.45) is 5.02. The van der Waals surface area contributed by atoms with Crippen molar-refractivity contribution in [2.45, 2.75) is 6.54 Å². The molecule has 0 radical (unpaired) electrons. The van der Waals surface area contributed by atoms with Gasteiger partial charge in [0.25, 0.3) is 0 Å². The Kier molecular flexibility index (Phi) is 3.40. The predicted molar refractivity (Wildman–Crippen MR) is 66.8 cm³/mol. The first-order valence-corrected chi connectivity index (χ1v) is 5.31. The van der Waals surface area contributed by atoms with Crippen LogP contribution >= 0.6 is 0 Å². The molecule has 0 bridgehead atoms. The van der Waals surface area contributed by atoms with E-state index < -0.39 is 0 Å². The van der Waals surface area contributed by atoms with Crippen LogP contribution in [-0.2, 0) is 11.3 Å². The predicted octanol–water partition coefficient (Wildman–Crippen LogP) is 1.56. The molecule has 0 saturated heterocycles.